The van der Waals surface area contributed by atoms with Crippen molar-refractivity contribution in [3.05, 3.63) is 40.5 Å². The molecule has 2 aliphatic rings. The van der Waals surface area contributed by atoms with Gasteiger partial charge in [0, 0.05) is 24.2 Å². The summed E-state index contributed by atoms with van der Waals surface area (Å²) < 4.78 is 17.4. The maximum atomic E-state index is 6.17. The van der Waals surface area contributed by atoms with E-state index in [1.54, 1.807) is 18.2 Å². The molecule has 1 aromatic carbocycles. The van der Waals surface area contributed by atoms with Gasteiger partial charge in [0.1, 0.15) is 10.9 Å². The molecule has 8 heteroatoms. The van der Waals surface area contributed by atoms with Gasteiger partial charge in [0.25, 0.3) is 11.9 Å². The first-order valence-electron chi connectivity index (χ1n) is 7.35. The molecule has 7 nitrogen and oxygen atoms in total. The van der Waals surface area contributed by atoms with Crippen LogP contribution >= 0.6 is 11.6 Å². The topological polar surface area (TPSA) is 105 Å². The van der Waals surface area contributed by atoms with Gasteiger partial charge in [0.15, 0.2) is 11.4 Å². The molecule has 1 atom stereocenters. The zero-order valence-electron chi connectivity index (χ0n) is 12.9. The molecule has 0 fully saturated rings. The zero-order chi connectivity index (χ0) is 16.9. The lowest BCUT2D eigenvalue weighted by Crippen LogP contribution is -2.42. The Hall–Kier alpha value is -2.67. The van der Waals surface area contributed by atoms with Crippen molar-refractivity contribution in [1.29, 1.82) is 0 Å². The van der Waals surface area contributed by atoms with Crippen LogP contribution in [0, 0.1) is 0 Å². The SMILES string of the molecule is COc1nc(Cl)cc2c1Oc1ccc(N)cc1[C@@]21CCN=C(N)O1. The lowest BCUT2D eigenvalue weighted by atomic mass is 9.80. The average Bonchev–Trinajstić information content (AvgIpc) is 2.56. The Kier molecular flexibility index (Phi) is 3.21. The van der Waals surface area contributed by atoms with Crippen LogP contribution in [0.25, 0.3) is 0 Å². The van der Waals surface area contributed by atoms with Gasteiger partial charge < -0.3 is 25.7 Å². The van der Waals surface area contributed by atoms with E-state index < -0.39 is 5.60 Å². The molecule has 124 valence electrons. The Balaban J connectivity index is 2.04. The zero-order valence-corrected chi connectivity index (χ0v) is 13.6. The number of methoxy groups -OCH3 is 1. The van der Waals surface area contributed by atoms with Gasteiger partial charge in [-0.05, 0) is 24.3 Å². The fraction of sp³-hybridized carbons (Fsp3) is 0.250. The van der Waals surface area contributed by atoms with E-state index in [4.69, 9.17) is 37.3 Å². The number of aromatic nitrogens is 1. The molecule has 0 unspecified atom stereocenters. The first kappa shape index (κ1) is 14.9. The Labute approximate surface area is 143 Å². The highest BCUT2D eigenvalue weighted by atomic mass is 35.5. The van der Waals surface area contributed by atoms with Crippen LogP contribution in [0.4, 0.5) is 5.69 Å². The van der Waals surface area contributed by atoms with Crippen LogP contribution < -0.4 is 20.9 Å². The second-order valence-corrected chi connectivity index (χ2v) is 5.97. The van der Waals surface area contributed by atoms with E-state index in [0.717, 1.165) is 5.56 Å². The Morgan fingerprint density at radius 2 is 2.08 bits per heavy atom. The van der Waals surface area contributed by atoms with Crippen molar-refractivity contribution >= 4 is 23.3 Å². The summed E-state index contributed by atoms with van der Waals surface area (Å²) in [4.78, 5) is 8.30. The summed E-state index contributed by atoms with van der Waals surface area (Å²) in [6, 6.07) is 7.17. The smallest absolute Gasteiger partial charge is 0.283 e. The number of benzene rings is 1. The highest BCUT2D eigenvalue weighted by Crippen LogP contribution is 2.54. The maximum Gasteiger partial charge on any atom is 0.283 e. The molecule has 2 aromatic rings. The number of fused-ring (bicyclic) bond motifs is 4. The minimum absolute atomic E-state index is 0.106. The molecule has 3 heterocycles. The van der Waals surface area contributed by atoms with Gasteiger partial charge in [-0.3, -0.25) is 0 Å². The first-order valence-corrected chi connectivity index (χ1v) is 7.73. The molecular weight excluding hydrogens is 332 g/mol. The van der Waals surface area contributed by atoms with Crippen molar-refractivity contribution < 1.29 is 14.2 Å². The van der Waals surface area contributed by atoms with E-state index in [9.17, 15) is 0 Å². The second kappa shape index (κ2) is 5.17. The summed E-state index contributed by atoms with van der Waals surface area (Å²) in [7, 11) is 1.50. The van der Waals surface area contributed by atoms with Gasteiger partial charge in [-0.2, -0.15) is 4.98 Å². The van der Waals surface area contributed by atoms with Crippen molar-refractivity contribution in [2.45, 2.75) is 12.0 Å². The van der Waals surface area contributed by atoms with Gasteiger partial charge in [-0.1, -0.05) is 11.6 Å². The summed E-state index contributed by atoms with van der Waals surface area (Å²) in [6.45, 7) is 0.502. The van der Waals surface area contributed by atoms with Gasteiger partial charge in [-0.15, -0.1) is 0 Å². The summed E-state index contributed by atoms with van der Waals surface area (Å²) in [5.74, 6) is 1.34. The summed E-state index contributed by atoms with van der Waals surface area (Å²) in [5, 5.41) is 0.269. The molecule has 2 aliphatic heterocycles. The van der Waals surface area contributed by atoms with E-state index in [1.807, 2.05) is 6.07 Å². The lowest BCUT2D eigenvalue weighted by molar-refractivity contribution is 0.0627. The second-order valence-electron chi connectivity index (χ2n) is 5.59. The lowest BCUT2D eigenvalue weighted by Gasteiger charge is -2.41. The predicted molar refractivity (Wildman–Crippen MR) is 89.7 cm³/mol. The maximum absolute atomic E-state index is 6.17. The number of hydrogen-bond acceptors (Lipinski definition) is 7. The number of nitrogen functional groups attached to an aromatic ring is 1. The third kappa shape index (κ3) is 2.05. The van der Waals surface area contributed by atoms with Crippen LogP contribution in [-0.4, -0.2) is 24.7 Å². The first-order chi connectivity index (χ1) is 11.5. The fourth-order valence-electron chi connectivity index (χ4n) is 3.19. The predicted octanol–water partition coefficient (Wildman–Crippen LogP) is 2.41. The minimum Gasteiger partial charge on any atom is -0.478 e. The molecule has 0 saturated carbocycles. The molecule has 0 radical (unpaired) electrons. The molecule has 0 bridgehead atoms. The molecule has 4 rings (SSSR count). The van der Waals surface area contributed by atoms with Crippen LogP contribution in [0.1, 0.15) is 17.5 Å². The molecule has 4 N–H and O–H groups in total. The number of rotatable bonds is 1. The van der Waals surface area contributed by atoms with E-state index in [0.29, 0.717) is 35.7 Å². The molecule has 0 amide bonds. The highest BCUT2D eigenvalue weighted by Gasteiger charge is 2.48. The van der Waals surface area contributed by atoms with E-state index >= 15 is 0 Å². The van der Waals surface area contributed by atoms with Crippen LogP contribution in [0.5, 0.6) is 17.4 Å². The highest BCUT2D eigenvalue weighted by molar-refractivity contribution is 6.29. The van der Waals surface area contributed by atoms with Crippen molar-refractivity contribution in [1.82, 2.24) is 4.98 Å². The molecule has 24 heavy (non-hydrogen) atoms. The van der Waals surface area contributed by atoms with E-state index in [2.05, 4.69) is 9.98 Å². The number of hydrogen-bond donors (Lipinski definition) is 2. The quantitative estimate of drug-likeness (QED) is 0.607. The van der Waals surface area contributed by atoms with Gasteiger partial charge >= 0.3 is 0 Å². The monoisotopic (exact) mass is 346 g/mol. The average molecular weight is 347 g/mol. The minimum atomic E-state index is -0.899. The number of nitrogens with zero attached hydrogens (tertiary/aromatic N) is 2. The third-order valence-electron chi connectivity index (χ3n) is 4.20. The van der Waals surface area contributed by atoms with Gasteiger partial charge in [0.05, 0.1) is 12.7 Å². The summed E-state index contributed by atoms with van der Waals surface area (Å²) >= 11 is 6.17. The van der Waals surface area contributed by atoms with Crippen LogP contribution in [0.2, 0.25) is 5.15 Å². The third-order valence-corrected chi connectivity index (χ3v) is 4.39. The van der Waals surface area contributed by atoms with Crippen molar-refractivity contribution in [3.8, 4) is 17.4 Å². The number of ether oxygens (including phenoxy) is 3. The molecule has 0 saturated heterocycles. The summed E-state index contributed by atoms with van der Waals surface area (Å²) in [6.07, 6.45) is 0.560. The van der Waals surface area contributed by atoms with Gasteiger partial charge in [0.2, 0.25) is 0 Å². The Bertz CT molecular complexity index is 871. The van der Waals surface area contributed by atoms with Gasteiger partial charge in [-0.25, -0.2) is 4.99 Å². The van der Waals surface area contributed by atoms with Crippen LogP contribution in [0.15, 0.2) is 29.3 Å². The normalized spacial score (nSPS) is 21.2. The Morgan fingerprint density at radius 1 is 1.25 bits per heavy atom. The molecule has 0 aliphatic carbocycles. The molecule has 1 spiro atoms. The van der Waals surface area contributed by atoms with Crippen LogP contribution in [0.3, 0.4) is 0 Å². The molecular formula is C16H15ClN4O3. The van der Waals surface area contributed by atoms with Crippen molar-refractivity contribution in [3.63, 3.8) is 0 Å². The Morgan fingerprint density at radius 3 is 2.83 bits per heavy atom. The van der Waals surface area contributed by atoms with E-state index in [1.165, 1.54) is 7.11 Å². The fourth-order valence-corrected chi connectivity index (χ4v) is 3.37. The number of anilines is 1. The number of amidine groups is 1. The summed E-state index contributed by atoms with van der Waals surface area (Å²) in [5.41, 5.74) is 13.0. The van der Waals surface area contributed by atoms with E-state index in [-0.39, 0.29) is 17.1 Å². The van der Waals surface area contributed by atoms with Crippen LogP contribution in [-0.2, 0) is 10.3 Å². The van der Waals surface area contributed by atoms with Crippen molar-refractivity contribution in [2.75, 3.05) is 19.4 Å². The number of nitrogens with two attached hydrogens (primary N) is 2. The molecule has 1 aromatic heterocycles. The standard InChI is InChI=1S/C16H15ClN4O3/c1-22-14-13-10(7-12(17)21-14)16(4-5-20-15(19)24-16)9-6-8(18)2-3-11(9)23-13/h2-3,6-7H,4-5,18H2,1H3,(H2,19,20)/t16-/m0/s1. The number of halogens is 1. The number of aliphatic imine (C=N–C) groups is 1. The number of pyridine rings is 1. The van der Waals surface area contributed by atoms with Crippen molar-refractivity contribution in [2.24, 2.45) is 10.7 Å². The largest absolute Gasteiger partial charge is 0.478 e.